The minimum atomic E-state index is -0.00372. The van der Waals surface area contributed by atoms with Gasteiger partial charge in [-0.15, -0.1) is 0 Å². The van der Waals surface area contributed by atoms with Crippen LogP contribution in [-0.2, 0) is 0 Å². The largest absolute Gasteiger partial charge is 0.353 e. The standard InChI is InChI=1S/C26H16N2O2/c29-21-5-1-3-15-7-9-17-11-13-19(27-25(17)23(15)21)20-14-12-18-10-8-16-4-2-6-22(30)24(16)26(18)28-20/h1-14,27-28H. The van der Waals surface area contributed by atoms with Gasteiger partial charge < -0.3 is 9.97 Å². The molecule has 6 rings (SSSR count). The molecule has 0 atom stereocenters. The average molecular weight is 388 g/mol. The van der Waals surface area contributed by atoms with E-state index in [2.05, 4.69) is 9.97 Å². The number of H-pyrrole nitrogens is 2. The Labute approximate surface area is 170 Å². The third-order valence-corrected chi connectivity index (χ3v) is 5.75. The van der Waals surface area contributed by atoms with Crippen molar-refractivity contribution in [3.05, 3.63) is 105 Å². The zero-order valence-corrected chi connectivity index (χ0v) is 15.9. The lowest BCUT2D eigenvalue weighted by Crippen LogP contribution is -2.01. The number of aromatic nitrogens is 2. The molecule has 0 saturated carbocycles. The van der Waals surface area contributed by atoms with Crippen LogP contribution in [0.25, 0.3) is 54.7 Å². The predicted molar refractivity (Wildman–Crippen MR) is 123 cm³/mol. The van der Waals surface area contributed by atoms with Crippen molar-refractivity contribution in [2.45, 2.75) is 0 Å². The molecule has 4 nitrogen and oxygen atoms in total. The highest BCUT2D eigenvalue weighted by Gasteiger charge is 2.09. The Morgan fingerprint density at radius 1 is 0.433 bits per heavy atom. The van der Waals surface area contributed by atoms with E-state index in [-0.39, 0.29) is 10.9 Å². The molecule has 2 heterocycles. The molecular formula is C26H16N2O2. The van der Waals surface area contributed by atoms with Crippen LogP contribution in [0.3, 0.4) is 0 Å². The normalized spacial score (nSPS) is 11.6. The molecule has 0 unspecified atom stereocenters. The van der Waals surface area contributed by atoms with Gasteiger partial charge in [-0.3, -0.25) is 9.59 Å². The fraction of sp³-hybridized carbons (Fsp3) is 0. The van der Waals surface area contributed by atoms with Gasteiger partial charge in [0.1, 0.15) is 0 Å². The van der Waals surface area contributed by atoms with Gasteiger partial charge in [-0.1, -0.05) is 60.7 Å². The fourth-order valence-electron chi connectivity index (χ4n) is 4.28. The second-order valence-electron chi connectivity index (χ2n) is 7.51. The molecule has 6 aromatic rings. The first-order valence-electron chi connectivity index (χ1n) is 9.79. The molecular weight excluding hydrogens is 372 g/mol. The molecule has 2 N–H and O–H groups in total. The highest BCUT2D eigenvalue weighted by atomic mass is 16.1. The maximum absolute atomic E-state index is 12.5. The van der Waals surface area contributed by atoms with Crippen LogP contribution in [0.1, 0.15) is 0 Å². The number of hydrogen-bond acceptors (Lipinski definition) is 2. The maximum atomic E-state index is 12.5. The van der Waals surface area contributed by atoms with Gasteiger partial charge >= 0.3 is 0 Å². The van der Waals surface area contributed by atoms with Crippen LogP contribution in [0.2, 0.25) is 0 Å². The highest BCUT2D eigenvalue weighted by molar-refractivity contribution is 6.07. The minimum Gasteiger partial charge on any atom is -0.353 e. The summed E-state index contributed by atoms with van der Waals surface area (Å²) < 4.78 is 0. The van der Waals surface area contributed by atoms with E-state index < -0.39 is 0 Å². The molecule has 0 aliphatic carbocycles. The summed E-state index contributed by atoms with van der Waals surface area (Å²) in [5, 5.41) is 5.14. The van der Waals surface area contributed by atoms with Gasteiger partial charge in [-0.25, -0.2) is 0 Å². The van der Waals surface area contributed by atoms with E-state index in [0.717, 1.165) is 44.0 Å². The molecule has 0 aliphatic heterocycles. The molecule has 4 heteroatoms. The molecule has 0 amide bonds. The van der Waals surface area contributed by atoms with Crippen LogP contribution in [0.4, 0.5) is 0 Å². The molecule has 0 aliphatic rings. The number of fused-ring (bicyclic) bond motifs is 6. The molecule has 142 valence electrons. The maximum Gasteiger partial charge on any atom is 0.188 e. The Hall–Kier alpha value is -4.18. The highest BCUT2D eigenvalue weighted by Crippen LogP contribution is 2.27. The van der Waals surface area contributed by atoms with Gasteiger partial charge in [0.25, 0.3) is 0 Å². The van der Waals surface area contributed by atoms with Gasteiger partial charge in [-0.05, 0) is 45.8 Å². The van der Waals surface area contributed by atoms with Crippen LogP contribution in [0.15, 0.2) is 94.5 Å². The quantitative estimate of drug-likeness (QED) is 0.373. The van der Waals surface area contributed by atoms with E-state index in [0.29, 0.717) is 10.8 Å². The van der Waals surface area contributed by atoms with Crippen LogP contribution >= 0.6 is 0 Å². The van der Waals surface area contributed by atoms with Crippen molar-refractivity contribution in [3.8, 4) is 11.4 Å². The van der Waals surface area contributed by atoms with Crippen LogP contribution in [-0.4, -0.2) is 9.97 Å². The molecule has 4 aromatic carbocycles. The average Bonchev–Trinajstić information content (AvgIpc) is 2.78. The number of pyridine rings is 2. The summed E-state index contributed by atoms with van der Waals surface area (Å²) in [7, 11) is 0. The van der Waals surface area contributed by atoms with Crippen molar-refractivity contribution >= 4 is 43.4 Å². The van der Waals surface area contributed by atoms with Gasteiger partial charge in [0.05, 0.1) is 33.2 Å². The van der Waals surface area contributed by atoms with Crippen LogP contribution in [0.5, 0.6) is 0 Å². The Morgan fingerprint density at radius 3 is 1.30 bits per heavy atom. The van der Waals surface area contributed by atoms with Crippen LogP contribution < -0.4 is 10.9 Å². The lowest BCUT2D eigenvalue weighted by atomic mass is 10.0. The summed E-state index contributed by atoms with van der Waals surface area (Å²) in [4.78, 5) is 32.0. The second-order valence-corrected chi connectivity index (χ2v) is 7.51. The molecule has 2 aromatic heterocycles. The monoisotopic (exact) mass is 388 g/mol. The lowest BCUT2D eigenvalue weighted by Gasteiger charge is -2.10. The smallest absolute Gasteiger partial charge is 0.188 e. The van der Waals surface area contributed by atoms with Gasteiger partial charge in [0.15, 0.2) is 10.9 Å². The Morgan fingerprint density at radius 2 is 0.833 bits per heavy atom. The van der Waals surface area contributed by atoms with Gasteiger partial charge in [0, 0.05) is 0 Å². The fourth-order valence-corrected chi connectivity index (χ4v) is 4.28. The van der Waals surface area contributed by atoms with Crippen molar-refractivity contribution in [3.63, 3.8) is 0 Å². The van der Waals surface area contributed by atoms with Crippen molar-refractivity contribution < 1.29 is 0 Å². The predicted octanol–water partition coefficient (Wildman–Crippen LogP) is 5.34. The summed E-state index contributed by atoms with van der Waals surface area (Å²) in [5.41, 5.74) is 3.31. The minimum absolute atomic E-state index is 0.00372. The summed E-state index contributed by atoms with van der Waals surface area (Å²) >= 11 is 0. The summed E-state index contributed by atoms with van der Waals surface area (Å²) in [6, 6.07) is 26.6. The molecule has 0 spiro atoms. The number of benzene rings is 4. The van der Waals surface area contributed by atoms with Crippen LogP contribution in [0, 0.1) is 0 Å². The van der Waals surface area contributed by atoms with Crippen molar-refractivity contribution in [1.82, 2.24) is 9.97 Å². The number of rotatable bonds is 1. The zero-order valence-electron chi connectivity index (χ0n) is 15.9. The van der Waals surface area contributed by atoms with E-state index in [1.807, 2.05) is 60.7 Å². The molecule has 0 fully saturated rings. The van der Waals surface area contributed by atoms with E-state index in [9.17, 15) is 9.59 Å². The Kier molecular flexibility index (Phi) is 3.44. The summed E-state index contributed by atoms with van der Waals surface area (Å²) in [5.74, 6) is 0. The first-order valence-corrected chi connectivity index (χ1v) is 9.79. The SMILES string of the molecule is O=c1cccc2ccc3ccc(-c4ccc5ccc6cccc(=O)c6c5[nH]4)[nH]c3c12. The number of hydrogen-bond donors (Lipinski definition) is 2. The Balaban J connectivity index is 1.67. The molecule has 30 heavy (non-hydrogen) atoms. The third kappa shape index (κ3) is 2.40. The zero-order chi connectivity index (χ0) is 20.2. The first kappa shape index (κ1) is 16.7. The van der Waals surface area contributed by atoms with E-state index in [1.54, 1.807) is 24.3 Å². The van der Waals surface area contributed by atoms with E-state index in [4.69, 9.17) is 0 Å². The number of aromatic amines is 2. The molecule has 0 bridgehead atoms. The Bertz CT molecular complexity index is 1610. The van der Waals surface area contributed by atoms with Crippen molar-refractivity contribution in [1.29, 1.82) is 0 Å². The third-order valence-electron chi connectivity index (χ3n) is 5.75. The topological polar surface area (TPSA) is 65.7 Å². The molecule has 0 saturated heterocycles. The van der Waals surface area contributed by atoms with Crippen molar-refractivity contribution in [2.75, 3.05) is 0 Å². The van der Waals surface area contributed by atoms with Gasteiger partial charge in [0.2, 0.25) is 0 Å². The van der Waals surface area contributed by atoms with Gasteiger partial charge in [-0.2, -0.15) is 0 Å². The van der Waals surface area contributed by atoms with E-state index in [1.165, 1.54) is 0 Å². The van der Waals surface area contributed by atoms with E-state index >= 15 is 0 Å². The first-order chi connectivity index (χ1) is 14.7. The number of nitrogens with one attached hydrogen (secondary N) is 2. The van der Waals surface area contributed by atoms with Crippen molar-refractivity contribution in [2.24, 2.45) is 0 Å². The second kappa shape index (κ2) is 6.16. The molecule has 0 radical (unpaired) electrons. The lowest BCUT2D eigenvalue weighted by molar-refractivity contribution is 1.33. The summed E-state index contributed by atoms with van der Waals surface area (Å²) in [6.07, 6.45) is 0. The summed E-state index contributed by atoms with van der Waals surface area (Å²) in [6.45, 7) is 0.